The van der Waals surface area contributed by atoms with Crippen LogP contribution in [0.25, 0.3) is 22.1 Å². The Bertz CT molecular complexity index is 1340. The maximum absolute atomic E-state index is 12.1. The number of hydrogen-bond acceptors (Lipinski definition) is 5. The van der Waals surface area contributed by atoms with Crippen molar-refractivity contribution in [2.75, 3.05) is 26.4 Å². The van der Waals surface area contributed by atoms with E-state index >= 15 is 0 Å². The molecule has 32 heavy (non-hydrogen) atoms. The molecule has 0 radical (unpaired) electrons. The summed E-state index contributed by atoms with van der Waals surface area (Å²) < 4.78 is 27.8. The van der Waals surface area contributed by atoms with Gasteiger partial charge in [0.15, 0.2) is 0 Å². The Morgan fingerprint density at radius 3 is 2.62 bits per heavy atom. The van der Waals surface area contributed by atoms with Crippen LogP contribution in [0.4, 0.5) is 0 Å². The van der Waals surface area contributed by atoms with Gasteiger partial charge in [-0.25, -0.2) is 18.4 Å². The van der Waals surface area contributed by atoms with E-state index in [1.807, 2.05) is 18.3 Å². The lowest BCUT2D eigenvalue weighted by molar-refractivity contribution is 0.179. The zero-order chi connectivity index (χ0) is 22.3. The second-order valence-corrected chi connectivity index (χ2v) is 10.7. The van der Waals surface area contributed by atoms with Crippen LogP contribution >= 0.6 is 0 Å². The average molecular weight is 453 g/mol. The van der Waals surface area contributed by atoms with Crippen LogP contribution in [0.3, 0.4) is 0 Å². The van der Waals surface area contributed by atoms with E-state index in [-0.39, 0.29) is 12.6 Å². The highest BCUT2D eigenvalue weighted by molar-refractivity contribution is 7.88. The zero-order valence-electron chi connectivity index (χ0n) is 18.4. The van der Waals surface area contributed by atoms with E-state index in [0.717, 1.165) is 60.4 Å². The van der Waals surface area contributed by atoms with E-state index in [9.17, 15) is 8.42 Å². The summed E-state index contributed by atoms with van der Waals surface area (Å²) in [5, 5.41) is 1.02. The standard InChI is InChI=1S/C23H28N6O2S/c1-27(32(2,30)31)16-21-26-20-14-25-23-19(8-11-24-23)22(20)29(21)18-9-12-28(13-10-18)15-17-6-4-3-5-7-17/h3-8,11,14,18H,9-10,12-13,15-16H2,1-2H3,(H,24,25). The maximum atomic E-state index is 12.1. The molecule has 4 heterocycles. The summed E-state index contributed by atoms with van der Waals surface area (Å²) >= 11 is 0. The van der Waals surface area contributed by atoms with Gasteiger partial charge in [-0.15, -0.1) is 0 Å². The molecule has 1 aliphatic heterocycles. The van der Waals surface area contributed by atoms with Crippen molar-refractivity contribution < 1.29 is 8.42 Å². The largest absolute Gasteiger partial charge is 0.346 e. The van der Waals surface area contributed by atoms with Crippen molar-refractivity contribution in [1.29, 1.82) is 0 Å². The summed E-state index contributed by atoms with van der Waals surface area (Å²) in [7, 11) is -1.71. The van der Waals surface area contributed by atoms with Crippen molar-refractivity contribution in [1.82, 2.24) is 28.7 Å². The van der Waals surface area contributed by atoms with Gasteiger partial charge in [0.1, 0.15) is 17.0 Å². The lowest BCUT2D eigenvalue weighted by Gasteiger charge is -2.34. The van der Waals surface area contributed by atoms with E-state index in [1.165, 1.54) is 16.1 Å². The average Bonchev–Trinajstić information content (AvgIpc) is 3.38. The van der Waals surface area contributed by atoms with Gasteiger partial charge in [-0.1, -0.05) is 30.3 Å². The second kappa shape index (κ2) is 8.31. The minimum atomic E-state index is -3.31. The highest BCUT2D eigenvalue weighted by atomic mass is 32.2. The Labute approximate surface area is 187 Å². The van der Waals surface area contributed by atoms with Crippen molar-refractivity contribution in [2.45, 2.75) is 32.0 Å². The molecule has 0 amide bonds. The maximum Gasteiger partial charge on any atom is 0.211 e. The third-order valence-electron chi connectivity index (χ3n) is 6.41. The van der Waals surface area contributed by atoms with Crippen molar-refractivity contribution in [3.8, 4) is 0 Å². The fraction of sp³-hybridized carbons (Fsp3) is 0.391. The van der Waals surface area contributed by atoms with Gasteiger partial charge in [0, 0.05) is 44.3 Å². The third-order valence-corrected chi connectivity index (χ3v) is 7.67. The number of piperidine rings is 1. The number of likely N-dealkylation sites (tertiary alicyclic amines) is 1. The molecule has 1 aromatic carbocycles. The first-order valence-corrected chi connectivity index (χ1v) is 12.8. The van der Waals surface area contributed by atoms with Crippen LogP contribution in [-0.4, -0.2) is 63.5 Å². The topological polar surface area (TPSA) is 87.1 Å². The summed E-state index contributed by atoms with van der Waals surface area (Å²) in [5.74, 6) is 0.768. The molecule has 1 aliphatic rings. The molecule has 0 saturated carbocycles. The summed E-state index contributed by atoms with van der Waals surface area (Å²) in [5.41, 5.74) is 3.99. The summed E-state index contributed by atoms with van der Waals surface area (Å²) in [6, 6.07) is 12.8. The van der Waals surface area contributed by atoms with Gasteiger partial charge in [0.2, 0.25) is 10.0 Å². The van der Waals surface area contributed by atoms with E-state index in [4.69, 9.17) is 4.98 Å². The number of rotatable bonds is 6. The first kappa shape index (κ1) is 21.1. The van der Waals surface area contributed by atoms with Crippen molar-refractivity contribution >= 4 is 32.1 Å². The zero-order valence-corrected chi connectivity index (χ0v) is 19.2. The molecule has 0 aliphatic carbocycles. The number of pyridine rings is 1. The smallest absolute Gasteiger partial charge is 0.211 e. The second-order valence-electron chi connectivity index (χ2n) is 8.64. The minimum Gasteiger partial charge on any atom is -0.346 e. The number of sulfonamides is 1. The van der Waals surface area contributed by atoms with E-state index in [2.05, 4.69) is 43.7 Å². The lowest BCUT2D eigenvalue weighted by Crippen LogP contribution is -2.35. The van der Waals surface area contributed by atoms with Crippen LogP contribution in [0.15, 0.2) is 48.8 Å². The van der Waals surface area contributed by atoms with Crippen LogP contribution in [0.1, 0.15) is 30.3 Å². The molecule has 168 valence electrons. The van der Waals surface area contributed by atoms with Gasteiger partial charge in [0.25, 0.3) is 0 Å². The number of aromatic amines is 1. The van der Waals surface area contributed by atoms with Crippen LogP contribution in [-0.2, 0) is 23.1 Å². The van der Waals surface area contributed by atoms with Gasteiger partial charge < -0.3 is 9.55 Å². The highest BCUT2D eigenvalue weighted by Gasteiger charge is 2.27. The number of fused-ring (bicyclic) bond motifs is 3. The molecular weight excluding hydrogens is 424 g/mol. The highest BCUT2D eigenvalue weighted by Crippen LogP contribution is 2.33. The number of nitrogens with one attached hydrogen (secondary N) is 1. The van der Waals surface area contributed by atoms with Crippen LogP contribution in [0.5, 0.6) is 0 Å². The molecule has 8 nitrogen and oxygen atoms in total. The Balaban J connectivity index is 1.48. The normalized spacial score (nSPS) is 16.5. The van der Waals surface area contributed by atoms with Crippen molar-refractivity contribution in [3.05, 3.63) is 60.2 Å². The number of aromatic nitrogens is 4. The molecule has 1 saturated heterocycles. The summed E-state index contributed by atoms with van der Waals surface area (Å²) in [6.07, 6.45) is 6.87. The molecule has 0 atom stereocenters. The van der Waals surface area contributed by atoms with Crippen LogP contribution in [0, 0.1) is 0 Å². The third kappa shape index (κ3) is 4.03. The van der Waals surface area contributed by atoms with Gasteiger partial charge in [-0.2, -0.15) is 4.31 Å². The fourth-order valence-corrected chi connectivity index (χ4v) is 4.99. The van der Waals surface area contributed by atoms with Gasteiger partial charge >= 0.3 is 0 Å². The molecule has 5 rings (SSSR count). The molecule has 1 fully saturated rings. The first-order chi connectivity index (χ1) is 15.4. The first-order valence-electron chi connectivity index (χ1n) is 10.9. The Morgan fingerprint density at radius 2 is 1.91 bits per heavy atom. The summed E-state index contributed by atoms with van der Waals surface area (Å²) in [4.78, 5) is 15.0. The number of imidazole rings is 1. The fourth-order valence-electron chi connectivity index (χ4n) is 4.64. The van der Waals surface area contributed by atoms with Gasteiger partial charge in [-0.05, 0) is 24.5 Å². The van der Waals surface area contributed by atoms with E-state index in [0.29, 0.717) is 0 Å². The van der Waals surface area contributed by atoms with Crippen molar-refractivity contribution in [2.24, 2.45) is 0 Å². The van der Waals surface area contributed by atoms with Crippen molar-refractivity contribution in [3.63, 3.8) is 0 Å². The molecule has 0 unspecified atom stereocenters. The predicted octanol–water partition coefficient (Wildman–Crippen LogP) is 3.14. The SMILES string of the molecule is CN(Cc1nc2cnc3[nH]ccc3c2n1C1CCN(Cc2ccccc2)CC1)S(C)(=O)=O. The monoisotopic (exact) mass is 452 g/mol. The van der Waals surface area contributed by atoms with Gasteiger partial charge in [0.05, 0.1) is 24.5 Å². The molecule has 0 spiro atoms. The molecule has 3 aromatic heterocycles. The molecule has 9 heteroatoms. The molecule has 4 aromatic rings. The lowest BCUT2D eigenvalue weighted by atomic mass is 10.0. The molecule has 1 N–H and O–H groups in total. The number of nitrogens with zero attached hydrogens (tertiary/aromatic N) is 5. The van der Waals surface area contributed by atoms with Crippen LogP contribution < -0.4 is 0 Å². The van der Waals surface area contributed by atoms with Crippen LogP contribution in [0.2, 0.25) is 0 Å². The van der Waals surface area contributed by atoms with E-state index in [1.54, 1.807) is 13.2 Å². The number of benzene rings is 1. The Hall–Kier alpha value is -2.75. The molecular formula is C23H28N6O2S. The van der Waals surface area contributed by atoms with E-state index < -0.39 is 10.0 Å². The minimum absolute atomic E-state index is 0.240. The quantitative estimate of drug-likeness (QED) is 0.486. The molecule has 0 bridgehead atoms. The predicted molar refractivity (Wildman–Crippen MR) is 126 cm³/mol. The Kier molecular flexibility index (Phi) is 5.48. The Morgan fingerprint density at radius 1 is 1.16 bits per heavy atom. The number of hydrogen-bond donors (Lipinski definition) is 1. The summed E-state index contributed by atoms with van der Waals surface area (Å²) in [6.45, 7) is 3.17. The van der Waals surface area contributed by atoms with Gasteiger partial charge in [-0.3, -0.25) is 4.90 Å². The number of H-pyrrole nitrogens is 1.